The van der Waals surface area contributed by atoms with E-state index in [-0.39, 0.29) is 11.8 Å². The highest BCUT2D eigenvalue weighted by atomic mass is 16.5. The lowest BCUT2D eigenvalue weighted by molar-refractivity contribution is -0.152. The van der Waals surface area contributed by atoms with Gasteiger partial charge in [0.1, 0.15) is 0 Å². The highest BCUT2D eigenvalue weighted by Crippen LogP contribution is 2.34. The van der Waals surface area contributed by atoms with Crippen LogP contribution in [-0.4, -0.2) is 36.7 Å². The Kier molecular flexibility index (Phi) is 6.12. The first-order chi connectivity index (χ1) is 8.52. The van der Waals surface area contributed by atoms with E-state index in [1.165, 1.54) is 0 Å². The highest BCUT2D eigenvalue weighted by Gasteiger charge is 2.41. The van der Waals surface area contributed by atoms with Gasteiger partial charge in [-0.1, -0.05) is 13.8 Å². The largest absolute Gasteiger partial charge is 0.481 e. The van der Waals surface area contributed by atoms with Crippen molar-refractivity contribution < 1.29 is 19.4 Å². The second kappa shape index (κ2) is 7.36. The molecule has 2 N–H and O–H groups in total. The van der Waals surface area contributed by atoms with E-state index in [9.17, 15) is 9.59 Å². The van der Waals surface area contributed by atoms with Gasteiger partial charge in [-0.15, -0.1) is 0 Å². The number of carboxylic acid groups (broad SMARTS) is 1. The van der Waals surface area contributed by atoms with Crippen LogP contribution in [-0.2, 0) is 14.3 Å². The van der Waals surface area contributed by atoms with Gasteiger partial charge >= 0.3 is 5.97 Å². The monoisotopic (exact) mass is 257 g/mol. The molecule has 0 spiro atoms. The van der Waals surface area contributed by atoms with Crippen LogP contribution in [0.15, 0.2) is 0 Å². The van der Waals surface area contributed by atoms with Gasteiger partial charge in [-0.3, -0.25) is 9.59 Å². The second-order valence-corrected chi connectivity index (χ2v) is 5.24. The van der Waals surface area contributed by atoms with Crippen molar-refractivity contribution in [3.63, 3.8) is 0 Å². The highest BCUT2D eigenvalue weighted by molar-refractivity contribution is 5.86. The zero-order valence-electron chi connectivity index (χ0n) is 11.1. The van der Waals surface area contributed by atoms with Crippen molar-refractivity contribution in [2.45, 2.75) is 33.1 Å². The summed E-state index contributed by atoms with van der Waals surface area (Å²) in [5.41, 5.74) is 0. The topological polar surface area (TPSA) is 75.6 Å². The average molecular weight is 257 g/mol. The van der Waals surface area contributed by atoms with Crippen LogP contribution in [0.25, 0.3) is 0 Å². The summed E-state index contributed by atoms with van der Waals surface area (Å²) >= 11 is 0. The van der Waals surface area contributed by atoms with Gasteiger partial charge in [0.25, 0.3) is 0 Å². The summed E-state index contributed by atoms with van der Waals surface area (Å²) in [6, 6.07) is 0. The summed E-state index contributed by atoms with van der Waals surface area (Å²) in [4.78, 5) is 22.4. The number of rotatable bonds is 8. The number of ether oxygens (including phenoxy) is 1. The van der Waals surface area contributed by atoms with Crippen molar-refractivity contribution in [1.29, 1.82) is 0 Å². The number of aliphatic carboxylic acids is 1. The maximum absolute atomic E-state index is 11.7. The standard InChI is InChI=1S/C13H23NO4/c1-9(2)8-18-7-3-6-14-12(15)10-4-5-11(10)13(16)17/h9-11H,3-8H2,1-2H3,(H,14,15)(H,16,17). The molecule has 1 aliphatic rings. The van der Waals surface area contributed by atoms with E-state index >= 15 is 0 Å². The predicted octanol–water partition coefficient (Wildman–Crippen LogP) is 1.28. The Morgan fingerprint density at radius 1 is 1.33 bits per heavy atom. The lowest BCUT2D eigenvalue weighted by Gasteiger charge is -2.31. The summed E-state index contributed by atoms with van der Waals surface area (Å²) in [5, 5.41) is 11.6. The molecule has 2 unspecified atom stereocenters. The number of carbonyl (C=O) groups excluding carboxylic acids is 1. The van der Waals surface area contributed by atoms with E-state index in [0.29, 0.717) is 31.9 Å². The van der Waals surface area contributed by atoms with Crippen molar-refractivity contribution >= 4 is 11.9 Å². The molecule has 0 bridgehead atoms. The Labute approximate surface area is 108 Å². The molecule has 0 heterocycles. The molecule has 0 saturated heterocycles. The number of hydrogen-bond acceptors (Lipinski definition) is 3. The third-order valence-electron chi connectivity index (χ3n) is 3.14. The molecular weight excluding hydrogens is 234 g/mol. The summed E-state index contributed by atoms with van der Waals surface area (Å²) in [7, 11) is 0. The maximum Gasteiger partial charge on any atom is 0.307 e. The molecule has 1 aliphatic carbocycles. The zero-order chi connectivity index (χ0) is 13.5. The SMILES string of the molecule is CC(C)COCCCNC(=O)C1CCC1C(=O)O. The van der Waals surface area contributed by atoms with Crippen LogP contribution < -0.4 is 5.32 Å². The van der Waals surface area contributed by atoms with E-state index in [1.54, 1.807) is 0 Å². The minimum Gasteiger partial charge on any atom is -0.481 e. The van der Waals surface area contributed by atoms with E-state index in [4.69, 9.17) is 9.84 Å². The third kappa shape index (κ3) is 4.64. The lowest BCUT2D eigenvalue weighted by atomic mass is 9.73. The van der Waals surface area contributed by atoms with Gasteiger partial charge in [0.05, 0.1) is 11.8 Å². The van der Waals surface area contributed by atoms with Crippen LogP contribution >= 0.6 is 0 Å². The van der Waals surface area contributed by atoms with Crippen molar-refractivity contribution in [1.82, 2.24) is 5.32 Å². The molecule has 5 heteroatoms. The van der Waals surface area contributed by atoms with Gasteiger partial charge in [0, 0.05) is 19.8 Å². The Morgan fingerprint density at radius 3 is 2.50 bits per heavy atom. The first-order valence-electron chi connectivity index (χ1n) is 6.60. The van der Waals surface area contributed by atoms with E-state index < -0.39 is 11.9 Å². The van der Waals surface area contributed by atoms with Gasteiger partial charge in [-0.2, -0.15) is 0 Å². The minimum atomic E-state index is -0.860. The van der Waals surface area contributed by atoms with Crippen molar-refractivity contribution in [3.8, 4) is 0 Å². The maximum atomic E-state index is 11.7. The normalized spacial score (nSPS) is 22.6. The minimum absolute atomic E-state index is 0.127. The summed E-state index contributed by atoms with van der Waals surface area (Å²) in [6.07, 6.45) is 2.07. The lowest BCUT2D eigenvalue weighted by Crippen LogP contribution is -2.44. The summed E-state index contributed by atoms with van der Waals surface area (Å²) in [6.45, 7) is 6.09. The third-order valence-corrected chi connectivity index (χ3v) is 3.14. The second-order valence-electron chi connectivity index (χ2n) is 5.24. The molecule has 1 fully saturated rings. The number of carbonyl (C=O) groups is 2. The van der Waals surface area contributed by atoms with Crippen molar-refractivity contribution in [2.24, 2.45) is 17.8 Å². The Bertz CT molecular complexity index is 291. The quantitative estimate of drug-likeness (QED) is 0.642. The predicted molar refractivity (Wildman–Crippen MR) is 67.1 cm³/mol. The molecular formula is C13H23NO4. The average Bonchev–Trinajstić information content (AvgIpc) is 2.20. The van der Waals surface area contributed by atoms with Gasteiger partial charge in [0.2, 0.25) is 5.91 Å². The molecule has 0 aromatic rings. The first-order valence-corrected chi connectivity index (χ1v) is 6.60. The molecule has 0 aromatic carbocycles. The van der Waals surface area contributed by atoms with Crippen LogP contribution in [0.4, 0.5) is 0 Å². The Hall–Kier alpha value is -1.10. The van der Waals surface area contributed by atoms with Gasteiger partial charge in [-0.25, -0.2) is 0 Å². The molecule has 0 aliphatic heterocycles. The van der Waals surface area contributed by atoms with Crippen molar-refractivity contribution in [3.05, 3.63) is 0 Å². The fourth-order valence-corrected chi connectivity index (χ4v) is 1.95. The molecule has 5 nitrogen and oxygen atoms in total. The Balaban J connectivity index is 2.05. The molecule has 2 atom stereocenters. The number of carboxylic acids is 1. The molecule has 1 rings (SSSR count). The zero-order valence-corrected chi connectivity index (χ0v) is 11.1. The van der Waals surface area contributed by atoms with Crippen molar-refractivity contribution in [2.75, 3.05) is 19.8 Å². The van der Waals surface area contributed by atoms with Gasteiger partial charge in [0.15, 0.2) is 0 Å². The van der Waals surface area contributed by atoms with Crippen LogP contribution in [0.3, 0.4) is 0 Å². The van der Waals surface area contributed by atoms with E-state index in [1.807, 2.05) is 0 Å². The summed E-state index contributed by atoms with van der Waals surface area (Å²) in [5.74, 6) is -1.29. The van der Waals surface area contributed by atoms with Gasteiger partial charge in [-0.05, 0) is 25.2 Å². The Morgan fingerprint density at radius 2 is 2.00 bits per heavy atom. The van der Waals surface area contributed by atoms with Crippen LogP contribution in [0.2, 0.25) is 0 Å². The molecule has 104 valence electrons. The smallest absolute Gasteiger partial charge is 0.307 e. The van der Waals surface area contributed by atoms with Crippen LogP contribution in [0.5, 0.6) is 0 Å². The molecule has 1 saturated carbocycles. The van der Waals surface area contributed by atoms with Crippen LogP contribution in [0, 0.1) is 17.8 Å². The summed E-state index contributed by atoms with van der Waals surface area (Å²) < 4.78 is 5.39. The van der Waals surface area contributed by atoms with Gasteiger partial charge < -0.3 is 15.2 Å². The number of amides is 1. The van der Waals surface area contributed by atoms with E-state index in [0.717, 1.165) is 13.0 Å². The molecule has 0 radical (unpaired) electrons. The fraction of sp³-hybridized carbons (Fsp3) is 0.846. The fourth-order valence-electron chi connectivity index (χ4n) is 1.95. The number of hydrogen-bond donors (Lipinski definition) is 2. The van der Waals surface area contributed by atoms with E-state index in [2.05, 4.69) is 19.2 Å². The first kappa shape index (κ1) is 15.0. The molecule has 18 heavy (non-hydrogen) atoms. The number of nitrogens with one attached hydrogen (secondary N) is 1. The molecule has 1 amide bonds. The van der Waals surface area contributed by atoms with Crippen LogP contribution in [0.1, 0.15) is 33.1 Å². The molecule has 0 aromatic heterocycles.